The first-order valence-corrected chi connectivity index (χ1v) is 5.28. The van der Waals surface area contributed by atoms with Crippen LogP contribution in [0.15, 0.2) is 24.3 Å². The van der Waals surface area contributed by atoms with Gasteiger partial charge in [-0.05, 0) is 25.1 Å². The minimum absolute atomic E-state index is 0.348. The molecule has 0 radical (unpaired) electrons. The average molecular weight is 251 g/mol. The fraction of sp³-hybridized carbons (Fsp3) is 0.0909. The largest absolute Gasteiger partial charge is 0.382 e. The number of benzene rings is 1. The van der Waals surface area contributed by atoms with E-state index in [9.17, 15) is 4.79 Å². The number of nitrogen functional groups attached to an aromatic ring is 1. The van der Waals surface area contributed by atoms with Crippen LogP contribution in [0.2, 0.25) is 5.02 Å². The van der Waals surface area contributed by atoms with Crippen molar-refractivity contribution in [2.24, 2.45) is 5.73 Å². The number of anilines is 1. The molecular formula is C11H11ClN4O. The molecule has 0 saturated carbocycles. The molecule has 17 heavy (non-hydrogen) atoms. The second-order valence-corrected chi connectivity index (χ2v) is 4.08. The summed E-state index contributed by atoms with van der Waals surface area (Å²) in [5, 5.41) is 4.59. The minimum Gasteiger partial charge on any atom is -0.382 e. The first-order chi connectivity index (χ1) is 7.99. The van der Waals surface area contributed by atoms with Gasteiger partial charge in [0.05, 0.1) is 11.3 Å². The van der Waals surface area contributed by atoms with Crippen molar-refractivity contribution in [3.63, 3.8) is 0 Å². The molecule has 0 fully saturated rings. The van der Waals surface area contributed by atoms with Crippen LogP contribution in [0.1, 0.15) is 16.1 Å². The molecule has 0 aliphatic heterocycles. The topological polar surface area (TPSA) is 86.9 Å². The van der Waals surface area contributed by atoms with Crippen molar-refractivity contribution in [2.45, 2.75) is 6.92 Å². The summed E-state index contributed by atoms with van der Waals surface area (Å²) in [5.41, 5.74) is 12.6. The van der Waals surface area contributed by atoms with Gasteiger partial charge in [-0.1, -0.05) is 11.6 Å². The maximum absolute atomic E-state index is 11.3. The molecule has 0 saturated heterocycles. The van der Waals surface area contributed by atoms with Gasteiger partial charge < -0.3 is 11.5 Å². The zero-order valence-electron chi connectivity index (χ0n) is 9.14. The van der Waals surface area contributed by atoms with E-state index in [1.807, 2.05) is 6.92 Å². The second-order valence-electron chi connectivity index (χ2n) is 3.65. The Hall–Kier alpha value is -2.01. The van der Waals surface area contributed by atoms with E-state index in [4.69, 9.17) is 23.1 Å². The molecule has 4 N–H and O–H groups in total. The number of carbonyl (C=O) groups is 1. The lowest BCUT2D eigenvalue weighted by Crippen LogP contribution is -2.15. The summed E-state index contributed by atoms with van der Waals surface area (Å²) in [7, 11) is 0. The first kappa shape index (κ1) is 11.5. The molecule has 0 atom stereocenters. The molecule has 0 aliphatic rings. The molecule has 0 aliphatic carbocycles. The van der Waals surface area contributed by atoms with Gasteiger partial charge in [-0.15, -0.1) is 0 Å². The third kappa shape index (κ3) is 2.09. The number of primary amides is 1. The van der Waals surface area contributed by atoms with Crippen LogP contribution in [-0.2, 0) is 0 Å². The Bertz CT molecular complexity index is 591. The molecule has 1 aromatic heterocycles. The minimum atomic E-state index is -0.537. The van der Waals surface area contributed by atoms with E-state index < -0.39 is 5.91 Å². The Labute approximate surface area is 103 Å². The van der Waals surface area contributed by atoms with Crippen LogP contribution in [0.5, 0.6) is 0 Å². The van der Waals surface area contributed by atoms with Crippen molar-refractivity contribution < 1.29 is 4.79 Å². The van der Waals surface area contributed by atoms with Crippen molar-refractivity contribution in [3.05, 3.63) is 40.5 Å². The summed E-state index contributed by atoms with van der Waals surface area (Å²) < 4.78 is 1.54. The standard InChI is InChI=1S/C11H11ClN4O/c1-6-4-10(13)15-16(6)9-5-7(12)2-3-8(9)11(14)17/h2-5H,1H3,(H2,13,15)(H2,14,17). The molecule has 2 rings (SSSR count). The lowest BCUT2D eigenvalue weighted by atomic mass is 10.1. The van der Waals surface area contributed by atoms with Crippen molar-refractivity contribution in [2.75, 3.05) is 5.73 Å². The van der Waals surface area contributed by atoms with Gasteiger partial charge in [0.1, 0.15) is 5.82 Å². The quantitative estimate of drug-likeness (QED) is 0.847. The number of nitrogens with two attached hydrogens (primary N) is 2. The van der Waals surface area contributed by atoms with Crippen LogP contribution in [0.3, 0.4) is 0 Å². The Balaban J connectivity index is 2.69. The number of halogens is 1. The van der Waals surface area contributed by atoms with E-state index in [0.29, 0.717) is 22.1 Å². The van der Waals surface area contributed by atoms with Crippen LogP contribution in [0.4, 0.5) is 5.82 Å². The molecule has 1 aromatic carbocycles. The van der Waals surface area contributed by atoms with Gasteiger partial charge in [-0.25, -0.2) is 4.68 Å². The van der Waals surface area contributed by atoms with Crippen molar-refractivity contribution in [3.8, 4) is 5.69 Å². The summed E-state index contributed by atoms with van der Waals surface area (Å²) >= 11 is 5.91. The molecule has 1 amide bonds. The number of aryl methyl sites for hydroxylation is 1. The molecule has 0 bridgehead atoms. The van der Waals surface area contributed by atoms with Crippen LogP contribution in [0, 0.1) is 6.92 Å². The van der Waals surface area contributed by atoms with E-state index in [0.717, 1.165) is 5.69 Å². The molecule has 2 aromatic rings. The Morgan fingerprint density at radius 2 is 2.12 bits per heavy atom. The van der Waals surface area contributed by atoms with Crippen LogP contribution in [-0.4, -0.2) is 15.7 Å². The third-order valence-electron chi connectivity index (χ3n) is 2.36. The SMILES string of the molecule is Cc1cc(N)nn1-c1cc(Cl)ccc1C(N)=O. The van der Waals surface area contributed by atoms with Crippen molar-refractivity contribution >= 4 is 23.3 Å². The fourth-order valence-electron chi connectivity index (χ4n) is 1.63. The highest BCUT2D eigenvalue weighted by atomic mass is 35.5. The summed E-state index contributed by atoms with van der Waals surface area (Å²) in [6, 6.07) is 6.50. The highest BCUT2D eigenvalue weighted by Gasteiger charge is 2.13. The number of rotatable bonds is 2. The molecular weight excluding hydrogens is 240 g/mol. The smallest absolute Gasteiger partial charge is 0.250 e. The molecule has 5 nitrogen and oxygen atoms in total. The van der Waals surface area contributed by atoms with E-state index in [-0.39, 0.29) is 0 Å². The number of aromatic nitrogens is 2. The maximum Gasteiger partial charge on any atom is 0.250 e. The molecule has 1 heterocycles. The van der Waals surface area contributed by atoms with Gasteiger partial charge in [0, 0.05) is 16.8 Å². The first-order valence-electron chi connectivity index (χ1n) is 4.91. The monoisotopic (exact) mass is 250 g/mol. The Morgan fingerprint density at radius 3 is 2.65 bits per heavy atom. The summed E-state index contributed by atoms with van der Waals surface area (Å²) in [4.78, 5) is 11.3. The molecule has 0 spiro atoms. The van der Waals surface area contributed by atoms with Crippen molar-refractivity contribution in [1.29, 1.82) is 0 Å². The average Bonchev–Trinajstić information content (AvgIpc) is 2.57. The number of amides is 1. The van der Waals surface area contributed by atoms with Crippen LogP contribution in [0.25, 0.3) is 5.69 Å². The van der Waals surface area contributed by atoms with Gasteiger partial charge in [0.15, 0.2) is 0 Å². The zero-order chi connectivity index (χ0) is 12.6. The normalized spacial score (nSPS) is 10.5. The van der Waals surface area contributed by atoms with Crippen LogP contribution >= 0.6 is 11.6 Å². The predicted molar refractivity (Wildman–Crippen MR) is 66.2 cm³/mol. The van der Waals surface area contributed by atoms with Gasteiger partial charge in [-0.2, -0.15) is 5.10 Å². The number of carbonyl (C=O) groups excluding carboxylic acids is 1. The van der Waals surface area contributed by atoms with E-state index >= 15 is 0 Å². The molecule has 0 unspecified atom stereocenters. The Morgan fingerprint density at radius 1 is 1.41 bits per heavy atom. The third-order valence-corrected chi connectivity index (χ3v) is 2.59. The lowest BCUT2D eigenvalue weighted by Gasteiger charge is -2.09. The highest BCUT2D eigenvalue weighted by molar-refractivity contribution is 6.31. The van der Waals surface area contributed by atoms with Gasteiger partial charge in [0.2, 0.25) is 0 Å². The second kappa shape index (κ2) is 4.10. The highest BCUT2D eigenvalue weighted by Crippen LogP contribution is 2.21. The summed E-state index contributed by atoms with van der Waals surface area (Å²) in [6.07, 6.45) is 0. The predicted octanol–water partition coefficient (Wildman–Crippen LogP) is 1.52. The number of hydrogen-bond donors (Lipinski definition) is 2. The Kier molecular flexibility index (Phi) is 2.77. The summed E-state index contributed by atoms with van der Waals surface area (Å²) in [5.74, 6) is -0.164. The van der Waals surface area contributed by atoms with E-state index in [2.05, 4.69) is 5.10 Å². The fourth-order valence-corrected chi connectivity index (χ4v) is 1.80. The molecule has 6 heteroatoms. The van der Waals surface area contributed by atoms with E-state index in [1.54, 1.807) is 28.9 Å². The van der Waals surface area contributed by atoms with Gasteiger partial charge in [-0.3, -0.25) is 4.79 Å². The van der Waals surface area contributed by atoms with Crippen molar-refractivity contribution in [1.82, 2.24) is 9.78 Å². The summed E-state index contributed by atoms with van der Waals surface area (Å²) in [6.45, 7) is 1.83. The van der Waals surface area contributed by atoms with E-state index in [1.165, 1.54) is 0 Å². The molecule has 88 valence electrons. The number of nitrogens with zero attached hydrogens (tertiary/aromatic N) is 2. The number of hydrogen-bond acceptors (Lipinski definition) is 3. The zero-order valence-corrected chi connectivity index (χ0v) is 9.90. The van der Waals surface area contributed by atoms with Gasteiger partial charge >= 0.3 is 0 Å². The lowest BCUT2D eigenvalue weighted by molar-refractivity contribution is 0.1000. The maximum atomic E-state index is 11.3. The van der Waals surface area contributed by atoms with Gasteiger partial charge in [0.25, 0.3) is 5.91 Å². The van der Waals surface area contributed by atoms with Crippen LogP contribution < -0.4 is 11.5 Å².